The number of H-pyrrole nitrogens is 1. The van der Waals surface area contributed by atoms with Gasteiger partial charge in [-0.25, -0.2) is 4.98 Å². The Morgan fingerprint density at radius 3 is 2.65 bits per heavy atom. The van der Waals surface area contributed by atoms with Crippen LogP contribution >= 0.6 is 15.9 Å². The lowest BCUT2D eigenvalue weighted by molar-refractivity contribution is 0.0958. The highest BCUT2D eigenvalue weighted by Crippen LogP contribution is 2.30. The Morgan fingerprint density at radius 2 is 1.90 bits per heavy atom. The highest BCUT2D eigenvalue weighted by Gasteiger charge is 2.10. The third-order valence-corrected chi connectivity index (χ3v) is 5.45. The van der Waals surface area contributed by atoms with Crippen molar-refractivity contribution < 1.29 is 9.53 Å². The number of aromatic amines is 1. The first-order chi connectivity index (χ1) is 14.9. The molecule has 8 heteroatoms. The van der Waals surface area contributed by atoms with Crippen LogP contribution in [-0.2, 0) is 0 Å². The highest BCUT2D eigenvalue weighted by molar-refractivity contribution is 9.10. The average Bonchev–Trinajstić information content (AvgIpc) is 3.16. The van der Waals surface area contributed by atoms with Gasteiger partial charge in [-0.2, -0.15) is 0 Å². The molecule has 0 atom stereocenters. The Balaban J connectivity index is 1.54. The molecular formula is C23H22BrN5O2. The molecule has 0 aliphatic carbocycles. The van der Waals surface area contributed by atoms with Gasteiger partial charge < -0.3 is 20.4 Å². The van der Waals surface area contributed by atoms with E-state index in [9.17, 15) is 4.79 Å². The molecule has 4 aromatic rings. The van der Waals surface area contributed by atoms with Crippen molar-refractivity contribution >= 4 is 44.5 Å². The fourth-order valence-corrected chi connectivity index (χ4v) is 3.59. The zero-order valence-electron chi connectivity index (χ0n) is 17.4. The third-order valence-electron chi connectivity index (χ3n) is 4.79. The number of nitrogens with one attached hydrogen (secondary N) is 3. The van der Waals surface area contributed by atoms with E-state index in [1.807, 2.05) is 24.3 Å². The molecule has 0 radical (unpaired) electrons. The van der Waals surface area contributed by atoms with E-state index < -0.39 is 0 Å². The number of halogens is 1. The van der Waals surface area contributed by atoms with E-state index in [1.54, 1.807) is 25.4 Å². The minimum Gasteiger partial charge on any atom is -0.457 e. The molecule has 0 unspecified atom stereocenters. The van der Waals surface area contributed by atoms with Gasteiger partial charge in [0.15, 0.2) is 0 Å². The smallest absolute Gasteiger partial charge is 0.269 e. The topological polar surface area (TPSA) is 91.9 Å². The van der Waals surface area contributed by atoms with Crippen LogP contribution < -0.4 is 15.4 Å². The number of hydrogen-bond donors (Lipinski definition) is 3. The van der Waals surface area contributed by atoms with Crippen molar-refractivity contribution in [2.75, 3.05) is 12.4 Å². The highest BCUT2D eigenvalue weighted by atomic mass is 79.9. The van der Waals surface area contributed by atoms with Crippen LogP contribution in [0.5, 0.6) is 11.5 Å². The number of fused-ring (bicyclic) bond motifs is 1. The van der Waals surface area contributed by atoms with Crippen molar-refractivity contribution in [1.29, 1.82) is 0 Å². The number of anilines is 2. The molecule has 0 spiro atoms. The van der Waals surface area contributed by atoms with E-state index in [2.05, 4.69) is 67.5 Å². The summed E-state index contributed by atoms with van der Waals surface area (Å²) in [6.07, 6.45) is 1.54. The molecule has 158 valence electrons. The predicted molar refractivity (Wildman–Crippen MR) is 125 cm³/mol. The second-order valence-electron chi connectivity index (χ2n) is 7.34. The number of nitrogens with zero attached hydrogens (tertiary/aromatic N) is 2. The van der Waals surface area contributed by atoms with Crippen molar-refractivity contribution in [3.63, 3.8) is 0 Å². The Labute approximate surface area is 188 Å². The van der Waals surface area contributed by atoms with Crippen LogP contribution in [0.2, 0.25) is 0 Å². The minimum absolute atomic E-state index is 0.266. The summed E-state index contributed by atoms with van der Waals surface area (Å²) < 4.78 is 6.89. The van der Waals surface area contributed by atoms with E-state index in [-0.39, 0.29) is 5.91 Å². The van der Waals surface area contributed by atoms with Crippen molar-refractivity contribution in [2.24, 2.45) is 0 Å². The van der Waals surface area contributed by atoms with Crippen molar-refractivity contribution in [2.45, 2.75) is 19.8 Å². The summed E-state index contributed by atoms with van der Waals surface area (Å²) in [7, 11) is 1.56. The second-order valence-corrected chi connectivity index (χ2v) is 8.20. The summed E-state index contributed by atoms with van der Waals surface area (Å²) in [6.45, 7) is 4.33. The second kappa shape index (κ2) is 8.77. The molecule has 0 saturated carbocycles. The lowest BCUT2D eigenvalue weighted by atomic mass is 10.0. The first-order valence-electron chi connectivity index (χ1n) is 9.85. The Kier molecular flexibility index (Phi) is 5.90. The van der Waals surface area contributed by atoms with Crippen LogP contribution in [-0.4, -0.2) is 27.9 Å². The number of amides is 1. The SMILES string of the molecule is CNC(=O)c1cc(Oc2ccc3nc(Nc4ccc(C(C)C)cc4Br)[nH]c3c2)ccn1. The number of carbonyl (C=O) groups is 1. The molecule has 0 aliphatic heterocycles. The van der Waals surface area contributed by atoms with Gasteiger partial charge in [-0.15, -0.1) is 0 Å². The summed E-state index contributed by atoms with van der Waals surface area (Å²) in [5.74, 6) is 1.98. The summed E-state index contributed by atoms with van der Waals surface area (Å²) in [5.41, 5.74) is 4.13. The maximum Gasteiger partial charge on any atom is 0.269 e. The summed E-state index contributed by atoms with van der Waals surface area (Å²) in [5, 5.41) is 5.87. The molecule has 2 aromatic heterocycles. The summed E-state index contributed by atoms with van der Waals surface area (Å²) in [4.78, 5) is 23.7. The van der Waals surface area contributed by atoms with Gasteiger partial charge in [0.05, 0.1) is 16.7 Å². The monoisotopic (exact) mass is 479 g/mol. The largest absolute Gasteiger partial charge is 0.457 e. The Morgan fingerprint density at radius 1 is 1.10 bits per heavy atom. The molecule has 0 fully saturated rings. The molecule has 7 nitrogen and oxygen atoms in total. The number of carbonyl (C=O) groups excluding carboxylic acids is 1. The molecule has 2 heterocycles. The standard InChI is InChI=1S/C23H22BrN5O2/c1-13(2)14-4-6-18(17(24)10-14)27-23-28-19-7-5-15(11-20(19)29-23)31-16-8-9-26-21(12-16)22(30)25-3/h4-13H,1-3H3,(H,25,30)(H2,27,28,29). The first-order valence-corrected chi connectivity index (χ1v) is 10.6. The molecule has 2 aromatic carbocycles. The van der Waals surface area contributed by atoms with E-state index in [1.165, 1.54) is 5.56 Å². The van der Waals surface area contributed by atoms with Gasteiger partial charge in [0, 0.05) is 29.8 Å². The van der Waals surface area contributed by atoms with E-state index in [0.29, 0.717) is 29.1 Å². The quantitative estimate of drug-likeness (QED) is 0.327. The van der Waals surface area contributed by atoms with Crippen LogP contribution in [0.25, 0.3) is 11.0 Å². The van der Waals surface area contributed by atoms with Crippen molar-refractivity contribution in [3.05, 3.63) is 70.5 Å². The van der Waals surface area contributed by atoms with Gasteiger partial charge in [0.1, 0.15) is 17.2 Å². The van der Waals surface area contributed by atoms with Crippen LogP contribution in [0.4, 0.5) is 11.6 Å². The predicted octanol–water partition coefficient (Wildman–Crippen LogP) is 5.74. The summed E-state index contributed by atoms with van der Waals surface area (Å²) in [6, 6.07) is 15.1. The van der Waals surface area contributed by atoms with E-state index >= 15 is 0 Å². The number of aromatic nitrogens is 3. The first kappa shape index (κ1) is 20.9. The molecule has 4 rings (SSSR count). The maximum atomic E-state index is 11.8. The van der Waals surface area contributed by atoms with Gasteiger partial charge in [-0.05, 0) is 57.7 Å². The Hall–Kier alpha value is -3.39. The van der Waals surface area contributed by atoms with Gasteiger partial charge >= 0.3 is 0 Å². The number of ether oxygens (including phenoxy) is 1. The Bertz CT molecular complexity index is 1250. The van der Waals surface area contributed by atoms with Crippen molar-refractivity contribution in [3.8, 4) is 11.5 Å². The van der Waals surface area contributed by atoms with Crippen molar-refractivity contribution in [1.82, 2.24) is 20.3 Å². The third kappa shape index (κ3) is 4.69. The molecular weight excluding hydrogens is 458 g/mol. The molecule has 0 aliphatic rings. The van der Waals surface area contributed by atoms with E-state index in [4.69, 9.17) is 4.74 Å². The number of hydrogen-bond acceptors (Lipinski definition) is 5. The number of pyridine rings is 1. The molecule has 1 amide bonds. The van der Waals surface area contributed by atoms with Gasteiger partial charge in [-0.3, -0.25) is 9.78 Å². The van der Waals surface area contributed by atoms with E-state index in [0.717, 1.165) is 21.2 Å². The summed E-state index contributed by atoms with van der Waals surface area (Å²) >= 11 is 3.63. The fourth-order valence-electron chi connectivity index (χ4n) is 3.09. The molecule has 0 bridgehead atoms. The minimum atomic E-state index is -0.266. The van der Waals surface area contributed by atoms with Gasteiger partial charge in [0.2, 0.25) is 5.95 Å². The maximum absolute atomic E-state index is 11.8. The lowest BCUT2D eigenvalue weighted by Crippen LogP contribution is -2.18. The van der Waals surface area contributed by atoms with Gasteiger partial charge in [0.25, 0.3) is 5.91 Å². The fraction of sp³-hybridized carbons (Fsp3) is 0.174. The molecule has 3 N–H and O–H groups in total. The normalized spacial score (nSPS) is 11.0. The van der Waals surface area contributed by atoms with Gasteiger partial charge in [-0.1, -0.05) is 19.9 Å². The van der Waals surface area contributed by atoms with Crippen LogP contribution in [0.3, 0.4) is 0 Å². The molecule has 31 heavy (non-hydrogen) atoms. The zero-order chi connectivity index (χ0) is 22.0. The number of imidazole rings is 1. The number of rotatable bonds is 6. The number of benzene rings is 2. The zero-order valence-corrected chi connectivity index (χ0v) is 18.9. The lowest BCUT2D eigenvalue weighted by Gasteiger charge is -2.10. The van der Waals surface area contributed by atoms with Crippen LogP contribution in [0, 0.1) is 0 Å². The van der Waals surface area contributed by atoms with Crippen LogP contribution in [0.15, 0.2) is 59.2 Å². The average molecular weight is 480 g/mol. The van der Waals surface area contributed by atoms with Crippen LogP contribution in [0.1, 0.15) is 35.8 Å². The molecule has 0 saturated heterocycles.